The number of aromatic amines is 1. The number of ketones is 1. The van der Waals surface area contributed by atoms with Crippen molar-refractivity contribution in [1.82, 2.24) is 4.98 Å². The van der Waals surface area contributed by atoms with Crippen LogP contribution in [-0.2, 0) is 0 Å². The van der Waals surface area contributed by atoms with Crippen molar-refractivity contribution >= 4 is 51.4 Å². The van der Waals surface area contributed by atoms with Crippen molar-refractivity contribution in [3.63, 3.8) is 0 Å². The molecule has 28 heavy (non-hydrogen) atoms. The first-order valence-corrected chi connectivity index (χ1v) is 8.94. The maximum absolute atomic E-state index is 13.5. The molecule has 2 N–H and O–H groups in total. The number of Topliss-reactive ketones (excluding diaryl/α,β-unsaturated/α-hetero) is 1. The van der Waals surface area contributed by atoms with Crippen LogP contribution in [-0.4, -0.2) is 17.4 Å². The van der Waals surface area contributed by atoms with Gasteiger partial charge in [0.15, 0.2) is 11.5 Å². The van der Waals surface area contributed by atoms with E-state index < -0.39 is 17.0 Å². The number of hydrogen-bond donors (Lipinski definition) is 2. The van der Waals surface area contributed by atoms with E-state index in [0.29, 0.717) is 5.69 Å². The van der Waals surface area contributed by atoms with Crippen LogP contribution in [0, 0.1) is 5.82 Å². The molecule has 8 heteroatoms. The fraction of sp³-hybridized carbons (Fsp3) is 0.100. The zero-order chi connectivity index (χ0) is 20.4. The van der Waals surface area contributed by atoms with Crippen LogP contribution in [0.25, 0.3) is 10.9 Å². The Morgan fingerprint density at radius 2 is 2.07 bits per heavy atom. The van der Waals surface area contributed by atoms with Gasteiger partial charge in [-0.25, -0.2) is 4.39 Å². The van der Waals surface area contributed by atoms with Crippen molar-refractivity contribution in [2.45, 2.75) is 6.92 Å². The third-order valence-corrected chi connectivity index (χ3v) is 4.51. The number of H-pyrrole nitrogens is 1. The summed E-state index contributed by atoms with van der Waals surface area (Å²) >= 11 is 12.5. The number of fused-ring (bicyclic) bond motifs is 1. The van der Waals surface area contributed by atoms with Gasteiger partial charge in [0, 0.05) is 5.69 Å². The van der Waals surface area contributed by atoms with Crippen LogP contribution in [0.15, 0.2) is 47.8 Å². The van der Waals surface area contributed by atoms with Crippen LogP contribution in [0.4, 0.5) is 15.9 Å². The average Bonchev–Trinajstić information content (AvgIpc) is 2.62. The Kier molecular flexibility index (Phi) is 5.72. The molecule has 0 aliphatic heterocycles. The van der Waals surface area contributed by atoms with Crippen molar-refractivity contribution in [1.29, 1.82) is 0 Å². The van der Waals surface area contributed by atoms with Crippen molar-refractivity contribution in [2.75, 3.05) is 11.9 Å². The Labute approximate surface area is 169 Å². The Morgan fingerprint density at radius 3 is 2.71 bits per heavy atom. The second kappa shape index (κ2) is 8.04. The molecule has 0 saturated carbocycles. The molecule has 2 aromatic carbocycles. The molecule has 5 nitrogen and oxygen atoms in total. The van der Waals surface area contributed by atoms with Gasteiger partial charge in [-0.2, -0.15) is 0 Å². The quantitative estimate of drug-likeness (QED) is 0.408. The molecule has 0 aliphatic rings. The zero-order valence-electron chi connectivity index (χ0n) is 14.7. The van der Waals surface area contributed by atoms with E-state index in [9.17, 15) is 14.0 Å². The lowest BCUT2D eigenvalue weighted by atomic mass is 10.1. The van der Waals surface area contributed by atoms with Crippen molar-refractivity contribution < 1.29 is 13.9 Å². The standard InChI is InChI=1S/C20H15Cl2FN2O3/c1-3-7-28-19-14(22)9-13(21)17-16(19)18(27)15(10(2)26)20(25-17)24-12-6-4-5-11(23)8-12/h3-6,8-9H,1,7H2,2H3,(H2,24,25,27). The van der Waals surface area contributed by atoms with Gasteiger partial charge in [-0.05, 0) is 31.2 Å². The Bertz CT molecular complexity index is 1160. The number of anilines is 2. The summed E-state index contributed by atoms with van der Waals surface area (Å²) in [4.78, 5) is 28.3. The number of ether oxygens (including phenoxy) is 1. The fourth-order valence-corrected chi connectivity index (χ4v) is 3.35. The van der Waals surface area contributed by atoms with E-state index in [4.69, 9.17) is 27.9 Å². The number of carbonyl (C=O) groups excluding carboxylic acids is 1. The molecule has 0 fully saturated rings. The second-order valence-electron chi connectivity index (χ2n) is 5.91. The molecule has 0 atom stereocenters. The smallest absolute Gasteiger partial charge is 0.206 e. The number of carbonyl (C=O) groups is 1. The molecule has 0 bridgehead atoms. The van der Waals surface area contributed by atoms with Gasteiger partial charge < -0.3 is 15.0 Å². The monoisotopic (exact) mass is 420 g/mol. The summed E-state index contributed by atoms with van der Waals surface area (Å²) in [7, 11) is 0. The summed E-state index contributed by atoms with van der Waals surface area (Å²) in [6.45, 7) is 4.92. The van der Waals surface area contributed by atoms with E-state index >= 15 is 0 Å². The lowest BCUT2D eigenvalue weighted by Gasteiger charge is -2.15. The number of halogens is 3. The molecule has 0 radical (unpaired) electrons. The van der Waals surface area contributed by atoms with Crippen LogP contribution in [0.2, 0.25) is 10.0 Å². The summed E-state index contributed by atoms with van der Waals surface area (Å²) in [6.07, 6.45) is 1.50. The molecule has 144 valence electrons. The van der Waals surface area contributed by atoms with E-state index in [-0.39, 0.29) is 44.7 Å². The fourth-order valence-electron chi connectivity index (χ4n) is 2.79. The van der Waals surface area contributed by atoms with Gasteiger partial charge in [0.25, 0.3) is 0 Å². The minimum Gasteiger partial charge on any atom is -0.487 e. The highest BCUT2D eigenvalue weighted by molar-refractivity contribution is 6.39. The van der Waals surface area contributed by atoms with Crippen molar-refractivity contribution in [2.24, 2.45) is 0 Å². The van der Waals surface area contributed by atoms with Gasteiger partial charge in [0.05, 0.1) is 20.9 Å². The summed E-state index contributed by atoms with van der Waals surface area (Å²) in [5.74, 6) is -0.772. The Morgan fingerprint density at radius 1 is 1.32 bits per heavy atom. The number of nitrogens with one attached hydrogen (secondary N) is 2. The predicted molar refractivity (Wildman–Crippen MR) is 110 cm³/mol. The number of aromatic nitrogens is 1. The van der Waals surface area contributed by atoms with Gasteiger partial charge in [-0.1, -0.05) is 41.9 Å². The van der Waals surface area contributed by atoms with E-state index in [0.717, 1.165) is 0 Å². The molecule has 0 aliphatic carbocycles. The van der Waals surface area contributed by atoms with Gasteiger partial charge in [0.1, 0.15) is 23.8 Å². The minimum atomic E-state index is -0.608. The van der Waals surface area contributed by atoms with Gasteiger partial charge in [-0.3, -0.25) is 9.59 Å². The summed E-state index contributed by atoms with van der Waals surface area (Å²) < 4.78 is 19.0. The third-order valence-electron chi connectivity index (χ3n) is 3.93. The molecular formula is C20H15Cl2FN2O3. The van der Waals surface area contributed by atoms with Gasteiger partial charge in [-0.15, -0.1) is 0 Å². The largest absolute Gasteiger partial charge is 0.487 e. The minimum absolute atomic E-state index is 0.0503. The van der Waals surface area contributed by atoms with Gasteiger partial charge >= 0.3 is 0 Å². The zero-order valence-corrected chi connectivity index (χ0v) is 16.2. The van der Waals surface area contributed by atoms with Crippen LogP contribution in [0.3, 0.4) is 0 Å². The number of hydrogen-bond acceptors (Lipinski definition) is 4. The summed E-state index contributed by atoms with van der Waals surface area (Å²) in [5.41, 5.74) is -0.174. The van der Waals surface area contributed by atoms with E-state index in [1.165, 1.54) is 37.3 Å². The molecule has 0 amide bonds. The van der Waals surface area contributed by atoms with Crippen molar-refractivity contribution in [3.8, 4) is 5.75 Å². The molecule has 0 unspecified atom stereocenters. The Balaban J connectivity index is 2.31. The Hall–Kier alpha value is -2.83. The first-order valence-electron chi connectivity index (χ1n) is 8.18. The third kappa shape index (κ3) is 3.74. The van der Waals surface area contributed by atoms with Gasteiger partial charge in [0.2, 0.25) is 5.43 Å². The van der Waals surface area contributed by atoms with E-state index in [1.807, 2.05) is 0 Å². The first-order chi connectivity index (χ1) is 13.3. The van der Waals surface area contributed by atoms with E-state index in [1.54, 1.807) is 6.07 Å². The molecular weight excluding hydrogens is 406 g/mol. The lowest BCUT2D eigenvalue weighted by molar-refractivity contribution is 0.101. The van der Waals surface area contributed by atoms with Crippen molar-refractivity contribution in [3.05, 3.63) is 74.6 Å². The molecule has 3 aromatic rings. The topological polar surface area (TPSA) is 71.2 Å². The molecule has 0 saturated heterocycles. The van der Waals surface area contributed by atoms with Crippen LogP contribution < -0.4 is 15.5 Å². The lowest BCUT2D eigenvalue weighted by Crippen LogP contribution is -2.19. The predicted octanol–water partition coefficient (Wildman–Crippen LogP) is 5.49. The van der Waals surface area contributed by atoms with E-state index in [2.05, 4.69) is 16.9 Å². The maximum atomic E-state index is 13.5. The molecule has 1 heterocycles. The number of pyridine rings is 1. The first kappa shape index (κ1) is 19.9. The number of rotatable bonds is 6. The highest BCUT2D eigenvalue weighted by atomic mass is 35.5. The molecule has 1 aromatic heterocycles. The highest BCUT2D eigenvalue weighted by Crippen LogP contribution is 2.37. The molecule has 3 rings (SSSR count). The second-order valence-corrected chi connectivity index (χ2v) is 6.73. The molecule has 0 spiro atoms. The SMILES string of the molecule is C=CCOc1c(Cl)cc(Cl)c2[nH]c(Nc3cccc(F)c3)c(C(C)=O)c(=O)c12. The maximum Gasteiger partial charge on any atom is 0.206 e. The summed E-state index contributed by atoms with van der Waals surface area (Å²) in [5, 5.41) is 3.21. The highest BCUT2D eigenvalue weighted by Gasteiger charge is 2.22. The number of benzene rings is 2. The van der Waals surface area contributed by atoms with Crippen LogP contribution >= 0.6 is 23.2 Å². The normalized spacial score (nSPS) is 10.7. The average molecular weight is 421 g/mol. The summed E-state index contributed by atoms with van der Waals surface area (Å²) in [6, 6.07) is 7.03. The van der Waals surface area contributed by atoms with Crippen LogP contribution in [0.1, 0.15) is 17.3 Å². The van der Waals surface area contributed by atoms with Crippen LogP contribution in [0.5, 0.6) is 5.75 Å².